The Balaban J connectivity index is 1.53. The number of nitrogens with zero attached hydrogens (tertiary/aromatic N) is 3. The molecule has 0 bridgehead atoms. The van der Waals surface area contributed by atoms with Crippen molar-refractivity contribution >= 4 is 22.6 Å². The van der Waals surface area contributed by atoms with E-state index in [0.29, 0.717) is 27.5 Å². The molecule has 1 N–H and O–H groups in total. The molecule has 0 radical (unpaired) electrons. The summed E-state index contributed by atoms with van der Waals surface area (Å²) in [5.74, 6) is -1.64. The number of aromatic amines is 1. The van der Waals surface area contributed by atoms with Gasteiger partial charge in [-0.15, -0.1) is 0 Å². The van der Waals surface area contributed by atoms with Crippen LogP contribution in [-0.4, -0.2) is 19.1 Å². The molecule has 7 nitrogen and oxygen atoms in total. The number of hydrogen-bond acceptors (Lipinski definition) is 4. The van der Waals surface area contributed by atoms with Gasteiger partial charge in [0.1, 0.15) is 17.1 Å². The molecule has 182 valence electrons. The summed E-state index contributed by atoms with van der Waals surface area (Å²) in [4.78, 5) is 32.4. The molecule has 0 fully saturated rings. The van der Waals surface area contributed by atoms with Crippen LogP contribution in [0.15, 0.2) is 76.3 Å². The minimum atomic E-state index is -0.984. The number of ether oxygens (including phenoxy) is 1. The van der Waals surface area contributed by atoms with E-state index in [4.69, 9.17) is 16.3 Å². The van der Waals surface area contributed by atoms with Crippen LogP contribution >= 0.6 is 11.6 Å². The summed E-state index contributed by atoms with van der Waals surface area (Å²) in [7, 11) is 0. The molecule has 0 spiro atoms. The van der Waals surface area contributed by atoms with Crippen LogP contribution in [0.3, 0.4) is 0 Å². The monoisotopic (exact) mass is 508 g/mol. The van der Waals surface area contributed by atoms with Crippen molar-refractivity contribution < 1.29 is 13.5 Å². The first-order valence-electron chi connectivity index (χ1n) is 11.0. The fourth-order valence-electron chi connectivity index (χ4n) is 3.99. The van der Waals surface area contributed by atoms with E-state index in [1.165, 1.54) is 9.13 Å². The summed E-state index contributed by atoms with van der Waals surface area (Å²) in [6.45, 7) is 2.23. The second-order valence-electron chi connectivity index (χ2n) is 8.06. The molecular formula is C26H19ClF2N4O3. The number of benzene rings is 2. The van der Waals surface area contributed by atoms with Gasteiger partial charge in [-0.3, -0.25) is 13.9 Å². The Hall–Kier alpha value is -4.24. The average molecular weight is 509 g/mol. The number of aromatic nitrogens is 4. The maximum absolute atomic E-state index is 13.3. The molecule has 0 aliphatic heterocycles. The Labute approximate surface area is 208 Å². The molecule has 3 aromatic heterocycles. The molecule has 3 heterocycles. The van der Waals surface area contributed by atoms with Gasteiger partial charge in [0.25, 0.3) is 5.56 Å². The Morgan fingerprint density at radius 2 is 1.58 bits per heavy atom. The van der Waals surface area contributed by atoms with Gasteiger partial charge >= 0.3 is 5.69 Å². The first kappa shape index (κ1) is 23.5. The van der Waals surface area contributed by atoms with Crippen LogP contribution in [-0.2, 0) is 13.1 Å². The van der Waals surface area contributed by atoms with Gasteiger partial charge in [0.2, 0.25) is 11.9 Å². The largest absolute Gasteiger partial charge is 0.457 e. The molecule has 0 aliphatic carbocycles. The first-order valence-corrected chi connectivity index (χ1v) is 11.4. The summed E-state index contributed by atoms with van der Waals surface area (Å²) < 4.78 is 34.9. The highest BCUT2D eigenvalue weighted by atomic mass is 35.5. The summed E-state index contributed by atoms with van der Waals surface area (Å²) in [6.07, 6.45) is 0. The molecule has 0 saturated heterocycles. The van der Waals surface area contributed by atoms with Gasteiger partial charge in [-0.25, -0.2) is 4.79 Å². The van der Waals surface area contributed by atoms with E-state index < -0.39 is 17.6 Å². The number of pyridine rings is 1. The molecule has 0 unspecified atom stereocenters. The number of H-pyrrole nitrogens is 1. The molecule has 0 saturated carbocycles. The lowest BCUT2D eigenvalue weighted by atomic mass is 10.1. The molecule has 36 heavy (non-hydrogen) atoms. The predicted molar refractivity (Wildman–Crippen MR) is 133 cm³/mol. The lowest BCUT2D eigenvalue weighted by Gasteiger charge is -2.11. The Morgan fingerprint density at radius 3 is 2.22 bits per heavy atom. The molecule has 0 amide bonds. The van der Waals surface area contributed by atoms with Crippen molar-refractivity contribution in [1.29, 1.82) is 0 Å². The smallest absolute Gasteiger partial charge is 0.332 e. The van der Waals surface area contributed by atoms with Crippen LogP contribution < -0.4 is 16.0 Å². The van der Waals surface area contributed by atoms with Crippen LogP contribution in [0.1, 0.15) is 12.5 Å². The minimum absolute atomic E-state index is 0.0234. The fourth-order valence-corrected chi connectivity index (χ4v) is 4.11. The van der Waals surface area contributed by atoms with Gasteiger partial charge in [0.05, 0.1) is 11.9 Å². The van der Waals surface area contributed by atoms with Crippen LogP contribution in [0.2, 0.25) is 5.02 Å². The van der Waals surface area contributed by atoms with Crippen molar-refractivity contribution in [2.45, 2.75) is 20.0 Å². The number of halogens is 3. The van der Waals surface area contributed by atoms with Crippen molar-refractivity contribution in [3.63, 3.8) is 0 Å². The Kier molecular flexibility index (Phi) is 6.15. The van der Waals surface area contributed by atoms with E-state index in [0.717, 1.165) is 23.3 Å². The van der Waals surface area contributed by atoms with Crippen molar-refractivity contribution in [1.82, 2.24) is 19.1 Å². The lowest BCUT2D eigenvalue weighted by molar-refractivity contribution is 0.451. The first-order chi connectivity index (χ1) is 17.3. The summed E-state index contributed by atoms with van der Waals surface area (Å²) in [5.41, 5.74) is 1.80. The minimum Gasteiger partial charge on any atom is -0.457 e. The van der Waals surface area contributed by atoms with E-state index in [1.807, 2.05) is 12.1 Å². The highest BCUT2D eigenvalue weighted by Gasteiger charge is 2.16. The third-order valence-corrected chi connectivity index (χ3v) is 5.96. The standard InChI is InChI=1S/C26H19ClF2N4O3/c1-2-32-25(34)20-13-21(30-24(20)33(26(32)35)14-15-3-7-17(27)8-4-15)16-5-9-18(10-6-16)36-19-11-22(28)31-23(29)12-19/h3-13,30H,2,14H2,1H3. The third kappa shape index (κ3) is 4.52. The second kappa shape index (κ2) is 9.43. The van der Waals surface area contributed by atoms with Gasteiger partial charge in [-0.05, 0) is 60.5 Å². The molecule has 0 atom stereocenters. The zero-order valence-corrected chi connectivity index (χ0v) is 19.7. The summed E-state index contributed by atoms with van der Waals surface area (Å²) in [5, 5.41) is 0.965. The van der Waals surface area contributed by atoms with E-state index in [-0.39, 0.29) is 24.4 Å². The van der Waals surface area contributed by atoms with Crippen LogP contribution in [0.5, 0.6) is 11.5 Å². The number of hydrogen-bond donors (Lipinski definition) is 1. The van der Waals surface area contributed by atoms with Crippen molar-refractivity contribution in [3.8, 4) is 22.8 Å². The molecule has 10 heteroatoms. The fraction of sp³-hybridized carbons (Fsp3) is 0.115. The van der Waals surface area contributed by atoms with Gasteiger partial charge < -0.3 is 9.72 Å². The molecule has 2 aromatic carbocycles. The lowest BCUT2D eigenvalue weighted by Crippen LogP contribution is -2.39. The van der Waals surface area contributed by atoms with E-state index in [1.54, 1.807) is 49.4 Å². The van der Waals surface area contributed by atoms with E-state index >= 15 is 0 Å². The van der Waals surface area contributed by atoms with Gasteiger partial charge in [-0.1, -0.05) is 23.7 Å². The molecule has 5 aromatic rings. The second-order valence-corrected chi connectivity index (χ2v) is 8.50. The van der Waals surface area contributed by atoms with Crippen LogP contribution in [0, 0.1) is 11.9 Å². The Bertz CT molecular complexity index is 1670. The zero-order chi connectivity index (χ0) is 25.4. The van der Waals surface area contributed by atoms with E-state index in [9.17, 15) is 18.4 Å². The third-order valence-electron chi connectivity index (χ3n) is 5.71. The van der Waals surface area contributed by atoms with Crippen LogP contribution in [0.4, 0.5) is 8.78 Å². The average Bonchev–Trinajstić information content (AvgIpc) is 3.29. The number of rotatable bonds is 6. The van der Waals surface area contributed by atoms with Gasteiger partial charge in [-0.2, -0.15) is 13.8 Å². The molecule has 0 aliphatic rings. The van der Waals surface area contributed by atoms with Gasteiger partial charge in [0, 0.05) is 29.4 Å². The maximum Gasteiger partial charge on any atom is 0.332 e. The van der Waals surface area contributed by atoms with Gasteiger partial charge in [0.15, 0.2) is 0 Å². The highest BCUT2D eigenvalue weighted by molar-refractivity contribution is 6.30. The normalized spacial score (nSPS) is 11.2. The number of fused-ring (bicyclic) bond motifs is 1. The van der Waals surface area contributed by atoms with E-state index in [2.05, 4.69) is 9.97 Å². The zero-order valence-electron chi connectivity index (χ0n) is 19.0. The summed E-state index contributed by atoms with van der Waals surface area (Å²) >= 11 is 5.99. The molecular weight excluding hydrogens is 490 g/mol. The maximum atomic E-state index is 13.3. The number of nitrogens with one attached hydrogen (secondary N) is 1. The van der Waals surface area contributed by atoms with Crippen molar-refractivity contribution in [2.75, 3.05) is 0 Å². The van der Waals surface area contributed by atoms with Crippen LogP contribution in [0.25, 0.3) is 22.3 Å². The Morgan fingerprint density at radius 1 is 0.917 bits per heavy atom. The SMILES string of the molecule is CCn1c(=O)c2cc(-c3ccc(Oc4cc(F)nc(F)c4)cc3)[nH]c2n(Cc2ccc(Cl)cc2)c1=O. The molecule has 5 rings (SSSR count). The summed E-state index contributed by atoms with van der Waals surface area (Å²) in [6, 6.07) is 17.5. The predicted octanol–water partition coefficient (Wildman–Crippen LogP) is 5.35. The van der Waals surface area contributed by atoms with Crippen molar-refractivity contribution in [2.24, 2.45) is 0 Å². The highest BCUT2D eigenvalue weighted by Crippen LogP contribution is 2.27. The topological polar surface area (TPSA) is 81.9 Å². The quantitative estimate of drug-likeness (QED) is 0.314. The van der Waals surface area contributed by atoms with Crippen molar-refractivity contribution in [3.05, 3.63) is 110 Å².